The molecule has 4 unspecified atom stereocenters. The fourth-order valence-electron chi connectivity index (χ4n) is 20.0. The van der Waals surface area contributed by atoms with E-state index in [4.69, 9.17) is 9.47 Å². The Hall–Kier alpha value is -13.9. The smallest absolute Gasteiger partial charge is 0.278 e. The third kappa shape index (κ3) is 12.8. The molecule has 123 heavy (non-hydrogen) atoms. The van der Waals surface area contributed by atoms with Crippen LogP contribution in [0.3, 0.4) is 0 Å². The first-order valence-corrected chi connectivity index (χ1v) is 41.0. The summed E-state index contributed by atoms with van der Waals surface area (Å²) in [6, 6.07) is 64.1. The van der Waals surface area contributed by atoms with Crippen LogP contribution in [0.25, 0.3) is 12.2 Å². The second kappa shape index (κ2) is 31.6. The lowest BCUT2D eigenvalue weighted by Gasteiger charge is -2.50. The molecule has 0 saturated heterocycles. The van der Waals surface area contributed by atoms with Gasteiger partial charge in [-0.15, -0.1) is 0 Å². The van der Waals surface area contributed by atoms with Gasteiger partial charge in [0.15, 0.2) is 69.2 Å². The van der Waals surface area contributed by atoms with E-state index in [0.717, 1.165) is 86.9 Å². The summed E-state index contributed by atoms with van der Waals surface area (Å²) in [5, 5.41) is 16.8. The first-order valence-electron chi connectivity index (χ1n) is 41.0. The molecule has 21 rings (SSSR count). The summed E-state index contributed by atoms with van der Waals surface area (Å²) in [6.07, 6.45) is 14.0. The summed E-state index contributed by atoms with van der Waals surface area (Å²) in [6.45, 7) is 5.80. The number of nitrogens with zero attached hydrogens (tertiary/aromatic N) is 9. The highest BCUT2D eigenvalue weighted by Crippen LogP contribution is 2.60. The quantitative estimate of drug-likeness (QED) is 0.0676. The number of aromatic nitrogens is 3. The minimum atomic E-state index is -1.04. The molecule has 9 aliphatic rings. The van der Waals surface area contributed by atoms with Crippen molar-refractivity contribution >= 4 is 29.9 Å². The minimum Gasteiger partial charge on any atom is -0.502 e. The van der Waals surface area contributed by atoms with Gasteiger partial charge >= 0.3 is 0 Å². The van der Waals surface area contributed by atoms with Crippen LogP contribution in [-0.4, -0.2) is 84.8 Å². The zero-order valence-corrected chi connectivity index (χ0v) is 66.6. The van der Waals surface area contributed by atoms with Crippen molar-refractivity contribution in [3.05, 3.63) is 414 Å². The van der Waals surface area contributed by atoms with Crippen LogP contribution in [0.5, 0.6) is 17.2 Å². The number of hydrogen-bond donors (Lipinski definition) is 1. The van der Waals surface area contributed by atoms with Crippen molar-refractivity contribution in [2.24, 2.45) is 5.92 Å². The van der Waals surface area contributed by atoms with Crippen LogP contribution in [0.15, 0.2) is 263 Å². The van der Waals surface area contributed by atoms with Crippen LogP contribution in [0, 0.1) is 40.8 Å². The Morgan fingerprint density at radius 2 is 0.780 bits per heavy atom. The van der Waals surface area contributed by atoms with Crippen molar-refractivity contribution in [1.82, 2.24) is 28.7 Å². The highest BCUT2D eigenvalue weighted by Gasteiger charge is 2.61. The van der Waals surface area contributed by atoms with Gasteiger partial charge in [-0.1, -0.05) is 210 Å². The topological polar surface area (TPSA) is 175 Å². The van der Waals surface area contributed by atoms with E-state index in [-0.39, 0.29) is 104 Å². The summed E-state index contributed by atoms with van der Waals surface area (Å²) < 4.78 is 105. The first kappa shape index (κ1) is 80.2. The number of carbonyl (C=O) groups is 3. The van der Waals surface area contributed by atoms with E-state index in [1.54, 1.807) is 36.4 Å². The second-order valence-electron chi connectivity index (χ2n) is 32.2. The molecule has 3 aromatic heterocycles. The normalized spacial score (nSPS) is 19.1. The third-order valence-corrected chi connectivity index (χ3v) is 25.2. The zero-order valence-electron chi connectivity index (χ0n) is 66.6. The van der Waals surface area contributed by atoms with E-state index < -0.39 is 68.6 Å². The highest BCUT2D eigenvalue weighted by atomic mass is 19.2. The molecular weight excluding hydrogens is 1570 g/mol. The molecular formula is C99H85F6N9O9. The van der Waals surface area contributed by atoms with Crippen molar-refractivity contribution in [3.63, 3.8) is 0 Å². The molecule has 9 aromatic carbocycles. The standard InChI is InChI=1S/2C34H29F2N3O3.C30H23F2N3O3.CH4/c2*1-2-3-15-42-32-30(40)13-14-38-31(32)33(41)37(20-22-9-5-4-6-10-22)21-39(38)34-25(16-23-11-7-8-12-26(23)34)17-24-18-28(35)29(36)19-27(24)34;31-24-14-20-13-21-12-19-8-4-5-9-22(19)30(21,23(20)15-25(24)32)35-17-33(16-18-6-2-1-3-7-18)29(38)27-28(37)26(36)10-11-34(27)35;/h4-14,17-19H,2-3,15-16,20-21H2,1H3;4-14,16,18-19H,2-3,15,17,20-21H2,1H3;1-11,14-15,21,37H,12-13,16-17H2;1H4. The monoisotopic (exact) mass is 1660 g/mol. The number of halogens is 6. The second-order valence-corrected chi connectivity index (χ2v) is 32.2. The van der Waals surface area contributed by atoms with Gasteiger partial charge in [0, 0.05) is 62.3 Å². The SMILES string of the molecule is C.CCCCOc1c2n(ccc1=O)N(C13C(=Cc4cc(F)c(F)cc41)Cc1ccccc13)CN(Cc1ccccc1)C2=O.CCCCOc1c2n(ccc1=O)N(C13C(=Cc4ccccc41)Cc1cc(F)c(F)cc13)CN(Cc1ccccc1)C2=O.O=C1c2c(O)c(=O)ccn2N(C23c4ccccc4CC2Cc2cc(F)c(F)cc23)CN1Cc1ccccc1. The average Bonchev–Trinajstić information content (AvgIpc) is 1.54. The number of fused-ring (bicyclic) bond motifs is 18. The fraction of sp³-hybridized carbons (Fsp3) is 0.232. The van der Waals surface area contributed by atoms with Gasteiger partial charge in [-0.05, 0) is 170 Å². The first-order chi connectivity index (χ1) is 59.2. The Bertz CT molecular complexity index is 6420. The van der Waals surface area contributed by atoms with Crippen molar-refractivity contribution in [3.8, 4) is 17.2 Å². The fourth-order valence-corrected chi connectivity index (χ4v) is 20.0. The molecule has 1 N–H and O–H groups in total. The van der Waals surface area contributed by atoms with E-state index in [1.807, 2.05) is 199 Å². The molecule has 12 aromatic rings. The minimum absolute atomic E-state index is 0. The molecule has 0 spiro atoms. The lowest BCUT2D eigenvalue weighted by Crippen LogP contribution is -2.63. The predicted octanol–water partition coefficient (Wildman–Crippen LogP) is 16.2. The van der Waals surface area contributed by atoms with E-state index in [9.17, 15) is 51.4 Å². The molecule has 18 nitrogen and oxygen atoms in total. The molecule has 6 heterocycles. The largest absolute Gasteiger partial charge is 0.502 e. The van der Waals surface area contributed by atoms with Crippen molar-refractivity contribution < 1.29 is 55.3 Å². The third-order valence-electron chi connectivity index (χ3n) is 25.2. The van der Waals surface area contributed by atoms with Gasteiger partial charge in [0.2, 0.25) is 16.3 Å². The Balaban J connectivity index is 0.000000125. The van der Waals surface area contributed by atoms with Crippen LogP contribution in [0.4, 0.5) is 26.3 Å². The maximum Gasteiger partial charge on any atom is 0.278 e. The van der Waals surface area contributed by atoms with Gasteiger partial charge in [0.05, 0.1) is 13.2 Å². The van der Waals surface area contributed by atoms with Gasteiger partial charge in [0.25, 0.3) is 17.7 Å². The van der Waals surface area contributed by atoms with Gasteiger partial charge in [-0.3, -0.25) is 57.8 Å². The van der Waals surface area contributed by atoms with E-state index in [1.165, 1.54) is 65.5 Å². The number of ether oxygens (including phenoxy) is 2. The molecule has 0 radical (unpaired) electrons. The molecule has 622 valence electrons. The van der Waals surface area contributed by atoms with E-state index in [0.29, 0.717) is 72.3 Å². The molecule has 3 amide bonds. The summed E-state index contributed by atoms with van der Waals surface area (Å²) in [7, 11) is 0. The summed E-state index contributed by atoms with van der Waals surface area (Å²) in [5.41, 5.74) is 9.95. The lowest BCUT2D eigenvalue weighted by molar-refractivity contribution is 0.0627. The number of hydrogen-bond acceptors (Lipinski definition) is 12. The highest BCUT2D eigenvalue weighted by molar-refractivity contribution is 5.98. The maximum atomic E-state index is 15.0. The van der Waals surface area contributed by atoms with Crippen LogP contribution >= 0.6 is 0 Å². The lowest BCUT2D eigenvalue weighted by atomic mass is 9.81. The summed E-state index contributed by atoms with van der Waals surface area (Å²) in [5.74, 6) is -7.40. The van der Waals surface area contributed by atoms with Gasteiger partial charge in [0.1, 0.15) is 36.6 Å². The molecule has 0 fully saturated rings. The average molecular weight is 1660 g/mol. The van der Waals surface area contributed by atoms with Gasteiger partial charge in [-0.25, -0.2) is 26.3 Å². The Morgan fingerprint density at radius 3 is 1.33 bits per heavy atom. The van der Waals surface area contributed by atoms with E-state index >= 15 is 8.78 Å². The number of unbranched alkanes of at least 4 members (excludes halogenated alkanes) is 2. The molecule has 3 aliphatic heterocycles. The summed E-state index contributed by atoms with van der Waals surface area (Å²) >= 11 is 0. The zero-order chi connectivity index (χ0) is 84.2. The molecule has 4 atom stereocenters. The summed E-state index contributed by atoms with van der Waals surface area (Å²) in [4.78, 5) is 85.9. The predicted molar refractivity (Wildman–Crippen MR) is 455 cm³/mol. The van der Waals surface area contributed by atoms with Crippen LogP contribution in [-0.2, 0) is 61.9 Å². The van der Waals surface area contributed by atoms with Gasteiger partial charge < -0.3 is 29.3 Å². The molecule has 0 bridgehead atoms. The molecule has 0 saturated carbocycles. The van der Waals surface area contributed by atoms with Crippen molar-refractivity contribution in [1.29, 1.82) is 0 Å². The van der Waals surface area contributed by atoms with Crippen molar-refractivity contribution in [2.45, 2.75) is 109 Å². The number of carbonyl (C=O) groups excluding carboxylic acids is 3. The molecule has 24 heteroatoms. The van der Waals surface area contributed by atoms with Crippen LogP contribution < -0.4 is 40.8 Å². The number of amides is 3. The molecule has 6 aliphatic carbocycles. The van der Waals surface area contributed by atoms with E-state index in [2.05, 4.69) is 6.08 Å². The van der Waals surface area contributed by atoms with Crippen molar-refractivity contribution in [2.75, 3.05) is 48.2 Å². The van der Waals surface area contributed by atoms with Crippen LogP contribution in [0.2, 0.25) is 0 Å². The Morgan fingerprint density at radius 1 is 0.382 bits per heavy atom. The number of pyridine rings is 3. The number of rotatable bonds is 17. The maximum absolute atomic E-state index is 15.0. The van der Waals surface area contributed by atoms with Crippen LogP contribution in [0.1, 0.15) is 162 Å². The Kier molecular flexibility index (Phi) is 20.6. The Labute approximate surface area is 704 Å². The number of aromatic hydroxyl groups is 1. The number of benzene rings is 9. The van der Waals surface area contributed by atoms with Gasteiger partial charge in [-0.2, -0.15) is 0 Å².